The van der Waals surface area contributed by atoms with Gasteiger partial charge < -0.3 is 0 Å². The minimum absolute atomic E-state index is 0.811. The van der Waals surface area contributed by atoms with Crippen LogP contribution in [0.5, 0.6) is 0 Å². The summed E-state index contributed by atoms with van der Waals surface area (Å²) in [5, 5.41) is 7.81. The molecule has 1 aliphatic heterocycles. The molecular weight excluding hydrogens is 126 g/mol. The van der Waals surface area contributed by atoms with Crippen molar-refractivity contribution in [1.82, 2.24) is 15.0 Å². The Morgan fingerprint density at radius 1 is 1.70 bits per heavy atom. The highest BCUT2D eigenvalue weighted by molar-refractivity contribution is 4.97. The summed E-state index contributed by atoms with van der Waals surface area (Å²) in [4.78, 5) is 0. The summed E-state index contributed by atoms with van der Waals surface area (Å²) in [5.41, 5.74) is 1.29. The Morgan fingerprint density at radius 3 is 3.50 bits per heavy atom. The Morgan fingerprint density at radius 2 is 2.60 bits per heavy atom. The van der Waals surface area contributed by atoms with E-state index >= 15 is 0 Å². The summed E-state index contributed by atoms with van der Waals surface area (Å²) >= 11 is 0. The SMILES string of the molecule is CC1CCn2nncc2C1. The smallest absolute Gasteiger partial charge is 0.0725 e. The van der Waals surface area contributed by atoms with Crippen LogP contribution < -0.4 is 0 Å². The maximum Gasteiger partial charge on any atom is 0.0725 e. The van der Waals surface area contributed by atoms with Gasteiger partial charge in [-0.15, -0.1) is 5.10 Å². The minimum atomic E-state index is 0.811. The van der Waals surface area contributed by atoms with Crippen LogP contribution in [0.2, 0.25) is 0 Å². The van der Waals surface area contributed by atoms with Gasteiger partial charge in [0.05, 0.1) is 11.9 Å². The van der Waals surface area contributed by atoms with E-state index in [1.54, 1.807) is 0 Å². The molecule has 0 saturated carbocycles. The number of hydrogen-bond acceptors (Lipinski definition) is 2. The second-order valence-corrected chi connectivity index (χ2v) is 3.05. The number of aromatic nitrogens is 3. The molecule has 1 unspecified atom stereocenters. The van der Waals surface area contributed by atoms with E-state index < -0.39 is 0 Å². The van der Waals surface area contributed by atoms with Gasteiger partial charge in [-0.05, 0) is 18.8 Å². The van der Waals surface area contributed by atoms with Gasteiger partial charge in [-0.2, -0.15) is 0 Å². The zero-order valence-electron chi connectivity index (χ0n) is 6.12. The first-order chi connectivity index (χ1) is 4.86. The lowest BCUT2D eigenvalue weighted by Gasteiger charge is -2.17. The molecule has 0 radical (unpaired) electrons. The van der Waals surface area contributed by atoms with Crippen LogP contribution in [0.25, 0.3) is 0 Å². The molecule has 2 heterocycles. The zero-order valence-corrected chi connectivity index (χ0v) is 6.12. The number of nitrogens with zero attached hydrogens (tertiary/aromatic N) is 3. The van der Waals surface area contributed by atoms with Crippen LogP contribution >= 0.6 is 0 Å². The lowest BCUT2D eigenvalue weighted by molar-refractivity contribution is 0.387. The summed E-state index contributed by atoms with van der Waals surface area (Å²) in [5.74, 6) is 0.811. The summed E-state index contributed by atoms with van der Waals surface area (Å²) in [6.45, 7) is 3.33. The number of fused-ring (bicyclic) bond motifs is 1. The third-order valence-electron chi connectivity index (χ3n) is 2.09. The Hall–Kier alpha value is -0.860. The lowest BCUT2D eigenvalue weighted by Crippen LogP contribution is -2.17. The fourth-order valence-corrected chi connectivity index (χ4v) is 1.43. The molecule has 0 fully saturated rings. The third-order valence-corrected chi connectivity index (χ3v) is 2.09. The second kappa shape index (κ2) is 2.08. The molecule has 10 heavy (non-hydrogen) atoms. The predicted octanol–water partition coefficient (Wildman–Crippen LogP) is 0.860. The topological polar surface area (TPSA) is 30.7 Å². The number of aryl methyl sites for hydroxylation is 1. The van der Waals surface area contributed by atoms with Crippen molar-refractivity contribution in [3.8, 4) is 0 Å². The van der Waals surface area contributed by atoms with Crippen LogP contribution in [0.3, 0.4) is 0 Å². The Kier molecular flexibility index (Phi) is 1.22. The van der Waals surface area contributed by atoms with E-state index in [4.69, 9.17) is 0 Å². The van der Waals surface area contributed by atoms with Crippen LogP contribution in [0.4, 0.5) is 0 Å². The highest BCUT2D eigenvalue weighted by Gasteiger charge is 2.14. The molecule has 54 valence electrons. The molecule has 1 aromatic rings. The first kappa shape index (κ1) is 5.89. The number of rotatable bonds is 0. The maximum atomic E-state index is 3.96. The van der Waals surface area contributed by atoms with E-state index in [1.807, 2.05) is 10.9 Å². The molecule has 3 heteroatoms. The molecule has 3 nitrogen and oxygen atoms in total. The average Bonchev–Trinajstić information content (AvgIpc) is 2.33. The van der Waals surface area contributed by atoms with Gasteiger partial charge in [0.15, 0.2) is 0 Å². The first-order valence-corrected chi connectivity index (χ1v) is 3.73. The van der Waals surface area contributed by atoms with Gasteiger partial charge in [-0.3, -0.25) is 0 Å². The van der Waals surface area contributed by atoms with Gasteiger partial charge in [-0.25, -0.2) is 4.68 Å². The van der Waals surface area contributed by atoms with Crippen molar-refractivity contribution in [1.29, 1.82) is 0 Å². The van der Waals surface area contributed by atoms with Crippen molar-refractivity contribution in [2.45, 2.75) is 26.3 Å². The normalized spacial score (nSPS) is 24.3. The second-order valence-electron chi connectivity index (χ2n) is 3.05. The van der Waals surface area contributed by atoms with Gasteiger partial charge in [0.2, 0.25) is 0 Å². The average molecular weight is 137 g/mol. The van der Waals surface area contributed by atoms with E-state index in [0.717, 1.165) is 18.9 Å². The largest absolute Gasteiger partial charge is 0.249 e. The van der Waals surface area contributed by atoms with Crippen LogP contribution in [0, 0.1) is 5.92 Å². The fourth-order valence-electron chi connectivity index (χ4n) is 1.43. The molecule has 1 aromatic heterocycles. The van der Waals surface area contributed by atoms with Gasteiger partial charge in [0.1, 0.15) is 0 Å². The zero-order chi connectivity index (χ0) is 6.97. The standard InChI is InChI=1S/C7H11N3/c1-6-2-3-10-7(4-6)5-8-9-10/h5-6H,2-4H2,1H3. The van der Waals surface area contributed by atoms with Crippen molar-refractivity contribution in [3.05, 3.63) is 11.9 Å². The van der Waals surface area contributed by atoms with Gasteiger partial charge in [0, 0.05) is 6.54 Å². The highest BCUT2D eigenvalue weighted by atomic mass is 15.4. The maximum absolute atomic E-state index is 3.96. The molecule has 2 rings (SSSR count). The molecule has 0 spiro atoms. The third kappa shape index (κ3) is 0.818. The molecule has 0 aromatic carbocycles. The Bertz CT molecular complexity index is 229. The molecule has 1 aliphatic rings. The minimum Gasteiger partial charge on any atom is -0.249 e. The molecule has 0 bridgehead atoms. The van der Waals surface area contributed by atoms with Crippen molar-refractivity contribution in [3.63, 3.8) is 0 Å². The molecular formula is C7H11N3. The molecule has 0 N–H and O–H groups in total. The molecule has 0 aliphatic carbocycles. The van der Waals surface area contributed by atoms with Crippen molar-refractivity contribution in [2.24, 2.45) is 5.92 Å². The van der Waals surface area contributed by atoms with Crippen molar-refractivity contribution < 1.29 is 0 Å². The van der Waals surface area contributed by atoms with Gasteiger partial charge >= 0.3 is 0 Å². The van der Waals surface area contributed by atoms with E-state index in [0.29, 0.717) is 0 Å². The van der Waals surface area contributed by atoms with Crippen molar-refractivity contribution >= 4 is 0 Å². The number of hydrogen-bond donors (Lipinski definition) is 0. The summed E-state index contributed by atoms with van der Waals surface area (Å²) in [6.07, 6.45) is 4.26. The fraction of sp³-hybridized carbons (Fsp3) is 0.714. The molecule has 0 amide bonds. The molecule has 0 saturated heterocycles. The van der Waals surface area contributed by atoms with Crippen LogP contribution in [0.15, 0.2) is 6.20 Å². The highest BCUT2D eigenvalue weighted by Crippen LogP contribution is 2.17. The first-order valence-electron chi connectivity index (χ1n) is 3.73. The molecule has 1 atom stereocenters. The van der Waals surface area contributed by atoms with Crippen molar-refractivity contribution in [2.75, 3.05) is 0 Å². The van der Waals surface area contributed by atoms with E-state index in [2.05, 4.69) is 17.2 Å². The predicted molar refractivity (Wildman–Crippen MR) is 37.5 cm³/mol. The summed E-state index contributed by atoms with van der Waals surface area (Å²) in [7, 11) is 0. The van der Waals surface area contributed by atoms with Gasteiger partial charge in [0.25, 0.3) is 0 Å². The van der Waals surface area contributed by atoms with E-state index in [9.17, 15) is 0 Å². The van der Waals surface area contributed by atoms with Crippen LogP contribution in [0.1, 0.15) is 19.0 Å². The van der Waals surface area contributed by atoms with E-state index in [-0.39, 0.29) is 0 Å². The lowest BCUT2D eigenvalue weighted by atomic mass is 9.99. The monoisotopic (exact) mass is 137 g/mol. The summed E-state index contributed by atoms with van der Waals surface area (Å²) in [6, 6.07) is 0. The van der Waals surface area contributed by atoms with E-state index in [1.165, 1.54) is 12.1 Å². The quantitative estimate of drug-likeness (QED) is 0.531. The van der Waals surface area contributed by atoms with Crippen LogP contribution in [-0.4, -0.2) is 15.0 Å². The Labute approximate surface area is 60.0 Å². The van der Waals surface area contributed by atoms with Gasteiger partial charge in [-0.1, -0.05) is 12.1 Å². The summed E-state index contributed by atoms with van der Waals surface area (Å²) < 4.78 is 2.00. The van der Waals surface area contributed by atoms with Crippen LogP contribution in [-0.2, 0) is 13.0 Å². The Balaban J connectivity index is 2.30.